The van der Waals surface area contributed by atoms with Gasteiger partial charge in [0.05, 0.1) is 35.1 Å². The van der Waals surface area contributed by atoms with Gasteiger partial charge >= 0.3 is 6.03 Å². The van der Waals surface area contributed by atoms with Crippen LogP contribution >= 0.6 is 11.3 Å². The molecule has 138 valence electrons. The van der Waals surface area contributed by atoms with Crippen LogP contribution in [0.25, 0.3) is 11.3 Å². The van der Waals surface area contributed by atoms with Gasteiger partial charge in [0.25, 0.3) is 0 Å². The van der Waals surface area contributed by atoms with E-state index in [0.717, 1.165) is 48.1 Å². The molecule has 0 bridgehead atoms. The van der Waals surface area contributed by atoms with Crippen LogP contribution in [0.15, 0.2) is 29.6 Å². The summed E-state index contributed by atoms with van der Waals surface area (Å²) in [4.78, 5) is 21.6. The quantitative estimate of drug-likeness (QED) is 0.880. The molecule has 2 amide bonds. The van der Waals surface area contributed by atoms with Crippen LogP contribution in [0.1, 0.15) is 11.4 Å². The topological polar surface area (TPSA) is 57.7 Å². The average molecular weight is 372 g/mol. The van der Waals surface area contributed by atoms with E-state index in [2.05, 4.69) is 22.2 Å². The number of nitrogens with zero attached hydrogens (tertiary/aromatic N) is 3. The van der Waals surface area contributed by atoms with Gasteiger partial charge in [-0.25, -0.2) is 9.78 Å². The Bertz CT molecular complexity index is 793. The number of aryl methyl sites for hydroxylation is 1. The molecule has 2 aromatic rings. The SMILES string of the molecule is Cc1nc(-c2ccccc2NC(=O)N2CCC3OCCN(C)C3C2)cs1. The molecule has 2 fully saturated rings. The number of morpholine rings is 1. The Morgan fingerprint density at radius 3 is 3.00 bits per heavy atom. The second-order valence-electron chi connectivity index (χ2n) is 6.92. The predicted octanol–water partition coefficient (Wildman–Crippen LogP) is 3.06. The summed E-state index contributed by atoms with van der Waals surface area (Å²) in [7, 11) is 2.11. The Hall–Kier alpha value is -1.96. The minimum atomic E-state index is -0.0539. The Kier molecular flexibility index (Phi) is 4.93. The highest BCUT2D eigenvalue weighted by atomic mass is 32.1. The fourth-order valence-electron chi connectivity index (χ4n) is 3.72. The summed E-state index contributed by atoms with van der Waals surface area (Å²) in [6.07, 6.45) is 1.12. The van der Waals surface area contributed by atoms with Gasteiger partial charge in [-0.3, -0.25) is 4.90 Å². The van der Waals surface area contributed by atoms with Crippen LogP contribution < -0.4 is 5.32 Å². The Balaban J connectivity index is 1.49. The molecule has 1 aromatic heterocycles. The number of likely N-dealkylation sites (N-methyl/N-ethyl adjacent to an activating group) is 1. The number of urea groups is 1. The number of anilines is 1. The highest BCUT2D eigenvalue weighted by molar-refractivity contribution is 7.09. The predicted molar refractivity (Wildman–Crippen MR) is 104 cm³/mol. The van der Waals surface area contributed by atoms with Crippen LogP contribution in [-0.2, 0) is 4.74 Å². The van der Waals surface area contributed by atoms with Gasteiger partial charge in [0.15, 0.2) is 0 Å². The number of carbonyl (C=O) groups excluding carboxylic acids is 1. The first-order valence-electron chi connectivity index (χ1n) is 9.01. The molecule has 2 aliphatic heterocycles. The van der Waals surface area contributed by atoms with Crippen molar-refractivity contribution in [2.45, 2.75) is 25.5 Å². The first-order chi connectivity index (χ1) is 12.6. The van der Waals surface area contributed by atoms with Gasteiger partial charge < -0.3 is 15.0 Å². The second-order valence-corrected chi connectivity index (χ2v) is 7.98. The third-order valence-electron chi connectivity index (χ3n) is 5.21. The van der Waals surface area contributed by atoms with Gasteiger partial charge in [0.1, 0.15) is 0 Å². The zero-order valence-electron chi connectivity index (χ0n) is 15.1. The van der Waals surface area contributed by atoms with Crippen LogP contribution in [0.3, 0.4) is 0 Å². The molecular formula is C19H24N4O2S. The van der Waals surface area contributed by atoms with Gasteiger partial charge in [-0.1, -0.05) is 18.2 Å². The lowest BCUT2D eigenvalue weighted by Gasteiger charge is -2.45. The smallest absolute Gasteiger partial charge is 0.321 e. The van der Waals surface area contributed by atoms with Crippen molar-refractivity contribution in [2.24, 2.45) is 0 Å². The number of rotatable bonds is 2. The number of amides is 2. The van der Waals surface area contributed by atoms with Crippen molar-refractivity contribution in [3.8, 4) is 11.3 Å². The van der Waals surface area contributed by atoms with Crippen molar-refractivity contribution in [2.75, 3.05) is 38.6 Å². The van der Waals surface area contributed by atoms with Crippen molar-refractivity contribution in [1.82, 2.24) is 14.8 Å². The number of hydrogen-bond donors (Lipinski definition) is 1. The summed E-state index contributed by atoms with van der Waals surface area (Å²) >= 11 is 1.61. The fraction of sp³-hybridized carbons (Fsp3) is 0.474. The maximum atomic E-state index is 12.9. The zero-order valence-corrected chi connectivity index (χ0v) is 16.0. The van der Waals surface area contributed by atoms with E-state index in [0.29, 0.717) is 6.54 Å². The molecule has 26 heavy (non-hydrogen) atoms. The summed E-state index contributed by atoms with van der Waals surface area (Å²) in [6.45, 7) is 5.11. The zero-order chi connectivity index (χ0) is 18.1. The molecule has 7 heteroatoms. The van der Waals surface area contributed by atoms with E-state index < -0.39 is 0 Å². The van der Waals surface area contributed by atoms with Crippen LogP contribution in [0.2, 0.25) is 0 Å². The summed E-state index contributed by atoms with van der Waals surface area (Å²) in [5, 5.41) is 6.14. The molecule has 1 aromatic carbocycles. The number of thiazole rings is 1. The molecule has 2 atom stereocenters. The number of likely N-dealkylation sites (tertiary alicyclic amines) is 1. The van der Waals surface area contributed by atoms with E-state index in [4.69, 9.17) is 4.74 Å². The minimum Gasteiger partial charge on any atom is -0.375 e. The molecule has 2 unspecified atom stereocenters. The number of aromatic nitrogens is 1. The van der Waals surface area contributed by atoms with Gasteiger partial charge in [0, 0.05) is 30.6 Å². The maximum absolute atomic E-state index is 12.9. The number of piperidine rings is 1. The molecule has 2 aliphatic rings. The van der Waals surface area contributed by atoms with Crippen molar-refractivity contribution in [3.63, 3.8) is 0 Å². The molecule has 4 rings (SSSR count). The van der Waals surface area contributed by atoms with Gasteiger partial charge in [-0.2, -0.15) is 0 Å². The lowest BCUT2D eigenvalue weighted by atomic mass is 9.99. The van der Waals surface area contributed by atoms with Crippen molar-refractivity contribution in [1.29, 1.82) is 0 Å². The molecule has 6 nitrogen and oxygen atoms in total. The number of hydrogen-bond acceptors (Lipinski definition) is 5. The number of benzene rings is 1. The summed E-state index contributed by atoms with van der Waals surface area (Å²) in [5.41, 5.74) is 2.67. The summed E-state index contributed by atoms with van der Waals surface area (Å²) in [5.74, 6) is 0. The first kappa shape index (κ1) is 17.5. The lowest BCUT2D eigenvalue weighted by Crippen LogP contribution is -2.60. The van der Waals surface area contributed by atoms with E-state index in [-0.39, 0.29) is 18.2 Å². The molecule has 2 saturated heterocycles. The summed E-state index contributed by atoms with van der Waals surface area (Å²) in [6, 6.07) is 8.07. The van der Waals surface area contributed by atoms with E-state index in [9.17, 15) is 4.79 Å². The van der Waals surface area contributed by atoms with E-state index >= 15 is 0 Å². The molecule has 0 saturated carbocycles. The molecular weight excluding hydrogens is 348 g/mol. The standard InChI is InChI=1S/C19H24N4O2S/c1-13-20-16(12-26-13)14-5-3-4-6-15(14)21-19(24)23-8-7-18-17(11-23)22(2)9-10-25-18/h3-6,12,17-18H,7-11H2,1-2H3,(H,21,24). The minimum absolute atomic E-state index is 0.0539. The van der Waals surface area contributed by atoms with Crippen molar-refractivity contribution >= 4 is 23.1 Å². The third kappa shape index (κ3) is 3.47. The van der Waals surface area contributed by atoms with Gasteiger partial charge in [-0.15, -0.1) is 11.3 Å². The van der Waals surface area contributed by atoms with Gasteiger partial charge in [-0.05, 0) is 26.5 Å². The second kappa shape index (κ2) is 7.34. The highest BCUT2D eigenvalue weighted by Gasteiger charge is 2.37. The van der Waals surface area contributed by atoms with E-state index in [1.807, 2.05) is 41.5 Å². The first-order valence-corrected chi connectivity index (χ1v) is 9.89. The average Bonchev–Trinajstić information content (AvgIpc) is 3.08. The summed E-state index contributed by atoms with van der Waals surface area (Å²) < 4.78 is 5.87. The fourth-order valence-corrected chi connectivity index (χ4v) is 4.34. The van der Waals surface area contributed by atoms with Crippen molar-refractivity contribution in [3.05, 3.63) is 34.7 Å². The molecule has 0 radical (unpaired) electrons. The van der Waals surface area contributed by atoms with Crippen molar-refractivity contribution < 1.29 is 9.53 Å². The molecule has 3 heterocycles. The van der Waals surface area contributed by atoms with Crippen LogP contribution in [0, 0.1) is 6.92 Å². The van der Waals surface area contributed by atoms with E-state index in [1.165, 1.54) is 0 Å². The Labute approximate surface area is 157 Å². The normalized spacial score (nSPS) is 23.5. The number of fused-ring (bicyclic) bond motifs is 1. The largest absolute Gasteiger partial charge is 0.375 e. The molecule has 0 aliphatic carbocycles. The Morgan fingerprint density at radius 1 is 1.35 bits per heavy atom. The van der Waals surface area contributed by atoms with Gasteiger partial charge in [0.2, 0.25) is 0 Å². The number of ether oxygens (including phenoxy) is 1. The van der Waals surface area contributed by atoms with E-state index in [1.54, 1.807) is 11.3 Å². The lowest BCUT2D eigenvalue weighted by molar-refractivity contribution is -0.0875. The molecule has 1 N–H and O–H groups in total. The molecule has 0 spiro atoms. The number of carbonyl (C=O) groups is 1. The maximum Gasteiger partial charge on any atom is 0.321 e. The van der Waals surface area contributed by atoms with Crippen LogP contribution in [-0.4, -0.2) is 66.2 Å². The number of para-hydroxylation sites is 1. The van der Waals surface area contributed by atoms with Crippen LogP contribution in [0.5, 0.6) is 0 Å². The third-order valence-corrected chi connectivity index (χ3v) is 5.99. The highest BCUT2D eigenvalue weighted by Crippen LogP contribution is 2.29. The Morgan fingerprint density at radius 2 is 2.19 bits per heavy atom. The monoisotopic (exact) mass is 372 g/mol. The van der Waals surface area contributed by atoms with Crippen LogP contribution in [0.4, 0.5) is 10.5 Å². The number of nitrogens with one attached hydrogen (secondary N) is 1.